The number of hydrogen-bond donors (Lipinski definition) is 1. The largest absolute Gasteiger partial charge is 0.511 e. The van der Waals surface area contributed by atoms with E-state index in [9.17, 15) is 24.3 Å². The van der Waals surface area contributed by atoms with E-state index in [-0.39, 0.29) is 19.6 Å². The number of amides is 2. The van der Waals surface area contributed by atoms with Crippen LogP contribution < -0.4 is 0 Å². The summed E-state index contributed by atoms with van der Waals surface area (Å²) in [4.78, 5) is 48.2. The summed E-state index contributed by atoms with van der Waals surface area (Å²) in [7, 11) is 0. The molecule has 23 heavy (non-hydrogen) atoms. The molecule has 128 valence electrons. The minimum Gasteiger partial charge on any atom is -0.511 e. The Hall–Kier alpha value is -2.18. The highest BCUT2D eigenvalue weighted by atomic mass is 16.5. The van der Waals surface area contributed by atoms with Crippen LogP contribution in [0.25, 0.3) is 0 Å². The number of imide groups is 1. The van der Waals surface area contributed by atoms with Gasteiger partial charge >= 0.3 is 5.97 Å². The molecule has 7 nitrogen and oxygen atoms in total. The lowest BCUT2D eigenvalue weighted by atomic mass is 10.1. The normalized spacial score (nSPS) is 16.7. The van der Waals surface area contributed by atoms with Crippen LogP contribution in [0.5, 0.6) is 0 Å². The molecule has 0 saturated carbocycles. The topological polar surface area (TPSA) is 101 Å². The Morgan fingerprint density at radius 2 is 1.87 bits per heavy atom. The van der Waals surface area contributed by atoms with Gasteiger partial charge in [0.2, 0.25) is 5.91 Å². The Morgan fingerprint density at radius 1 is 1.17 bits per heavy atom. The summed E-state index contributed by atoms with van der Waals surface area (Å²) in [6, 6.07) is 0. The summed E-state index contributed by atoms with van der Waals surface area (Å²) in [5.41, 5.74) is -0.486. The van der Waals surface area contributed by atoms with Crippen LogP contribution in [0.2, 0.25) is 0 Å². The molecule has 0 aliphatic carbocycles. The van der Waals surface area contributed by atoms with Gasteiger partial charge in [-0.05, 0) is 13.3 Å². The van der Waals surface area contributed by atoms with E-state index in [4.69, 9.17) is 0 Å². The van der Waals surface area contributed by atoms with Gasteiger partial charge in [0.1, 0.15) is 17.8 Å². The molecule has 0 aromatic carbocycles. The lowest BCUT2D eigenvalue weighted by Crippen LogP contribution is -2.32. The molecule has 1 saturated heterocycles. The molecule has 0 unspecified atom stereocenters. The van der Waals surface area contributed by atoms with Crippen LogP contribution in [0, 0.1) is 0 Å². The summed E-state index contributed by atoms with van der Waals surface area (Å²) in [5.74, 6) is -3.29. The molecule has 7 heteroatoms. The van der Waals surface area contributed by atoms with E-state index in [1.807, 2.05) is 6.92 Å². The molecule has 0 atom stereocenters. The predicted molar refractivity (Wildman–Crippen MR) is 81.4 cm³/mol. The smallest absolute Gasteiger partial charge is 0.313 e. The molecule has 0 radical (unpaired) electrons. The van der Waals surface area contributed by atoms with Crippen LogP contribution in [-0.2, 0) is 23.9 Å². The fraction of sp³-hybridized carbons (Fsp3) is 0.625. The molecule has 1 fully saturated rings. The van der Waals surface area contributed by atoms with Crippen molar-refractivity contribution in [2.24, 2.45) is 0 Å². The molecule has 0 bridgehead atoms. The standard InChI is InChI=1S/C16H23NO6/c1-3-5-6-7-8-13(20)17-10-12(19)15(16(17)22)11(18)9-14(21)23-4-2/h18H,3-10H2,1-2H3/b15-11-. The third-order valence-corrected chi connectivity index (χ3v) is 3.49. The first-order chi connectivity index (χ1) is 10.9. The molecular formula is C16H23NO6. The maximum absolute atomic E-state index is 12.1. The maximum Gasteiger partial charge on any atom is 0.313 e. The van der Waals surface area contributed by atoms with Gasteiger partial charge in [-0.1, -0.05) is 26.2 Å². The summed E-state index contributed by atoms with van der Waals surface area (Å²) in [6.45, 7) is 3.40. The quantitative estimate of drug-likeness (QED) is 0.239. The van der Waals surface area contributed by atoms with Gasteiger partial charge in [-0.2, -0.15) is 0 Å². The molecule has 1 aliphatic heterocycles. The minimum absolute atomic E-state index is 0.131. The zero-order valence-corrected chi connectivity index (χ0v) is 13.6. The molecular weight excluding hydrogens is 302 g/mol. The highest BCUT2D eigenvalue weighted by molar-refractivity contribution is 6.29. The number of aliphatic hydroxyl groups excluding tert-OH is 1. The number of ketones is 1. The number of unbranched alkanes of at least 4 members (excludes halogenated alkanes) is 3. The molecule has 0 aromatic heterocycles. The lowest BCUT2D eigenvalue weighted by Gasteiger charge is -2.12. The number of hydrogen-bond acceptors (Lipinski definition) is 6. The van der Waals surface area contributed by atoms with Gasteiger partial charge in [0, 0.05) is 6.42 Å². The lowest BCUT2D eigenvalue weighted by molar-refractivity contribution is -0.142. The minimum atomic E-state index is -0.836. The Labute approximate surface area is 135 Å². The van der Waals surface area contributed by atoms with E-state index in [0.29, 0.717) is 6.42 Å². The van der Waals surface area contributed by atoms with Crippen molar-refractivity contribution in [1.82, 2.24) is 4.90 Å². The number of carbonyl (C=O) groups is 4. The first-order valence-electron chi connectivity index (χ1n) is 7.87. The van der Waals surface area contributed by atoms with Gasteiger partial charge in [-0.3, -0.25) is 24.1 Å². The number of likely N-dealkylation sites (tertiary alicyclic amines) is 1. The number of aliphatic hydroxyl groups is 1. The van der Waals surface area contributed by atoms with Crippen LogP contribution in [0.3, 0.4) is 0 Å². The molecule has 2 amide bonds. The van der Waals surface area contributed by atoms with Gasteiger partial charge in [0.05, 0.1) is 13.2 Å². The van der Waals surface area contributed by atoms with E-state index in [2.05, 4.69) is 4.74 Å². The van der Waals surface area contributed by atoms with Gasteiger partial charge in [0.15, 0.2) is 5.78 Å². The van der Waals surface area contributed by atoms with Gasteiger partial charge in [-0.25, -0.2) is 0 Å². The second kappa shape index (κ2) is 9.07. The van der Waals surface area contributed by atoms with Crippen molar-refractivity contribution >= 4 is 23.6 Å². The van der Waals surface area contributed by atoms with Gasteiger partial charge < -0.3 is 9.84 Å². The first kappa shape index (κ1) is 18.9. The predicted octanol–water partition coefficient (Wildman–Crippen LogP) is 1.66. The average Bonchev–Trinajstić information content (AvgIpc) is 2.78. The van der Waals surface area contributed by atoms with Crippen LogP contribution >= 0.6 is 0 Å². The van der Waals surface area contributed by atoms with E-state index in [1.54, 1.807) is 6.92 Å². The summed E-state index contributed by atoms with van der Waals surface area (Å²) in [6.07, 6.45) is 3.20. The zero-order chi connectivity index (χ0) is 17.4. The number of Topliss-reactive ketones (excluding diaryl/α,β-unsaturated/α-hetero) is 1. The van der Waals surface area contributed by atoms with Crippen molar-refractivity contribution in [2.75, 3.05) is 13.2 Å². The van der Waals surface area contributed by atoms with Crippen LogP contribution in [0.15, 0.2) is 11.3 Å². The SMILES string of the molecule is CCCCCCC(=O)N1CC(=O)/C(=C(/O)CC(=O)OCC)C1=O. The monoisotopic (exact) mass is 325 g/mol. The molecule has 1 aliphatic rings. The van der Waals surface area contributed by atoms with Crippen LogP contribution in [-0.4, -0.2) is 46.7 Å². The number of esters is 1. The third kappa shape index (κ3) is 5.19. The van der Waals surface area contributed by atoms with Gasteiger partial charge in [0.25, 0.3) is 5.91 Å². The molecule has 0 aromatic rings. The number of nitrogens with zero attached hydrogens (tertiary/aromatic N) is 1. The van der Waals surface area contributed by atoms with Crippen molar-refractivity contribution in [1.29, 1.82) is 0 Å². The zero-order valence-electron chi connectivity index (χ0n) is 13.6. The summed E-state index contributed by atoms with van der Waals surface area (Å²) < 4.78 is 4.66. The molecule has 1 heterocycles. The molecule has 1 N–H and O–H groups in total. The fourth-order valence-corrected chi connectivity index (χ4v) is 2.31. The van der Waals surface area contributed by atoms with Crippen molar-refractivity contribution in [2.45, 2.75) is 52.4 Å². The van der Waals surface area contributed by atoms with E-state index in [0.717, 1.165) is 24.2 Å². The maximum atomic E-state index is 12.1. The Morgan fingerprint density at radius 3 is 2.48 bits per heavy atom. The molecule has 1 rings (SSSR count). The number of ether oxygens (including phenoxy) is 1. The van der Waals surface area contributed by atoms with Crippen LogP contribution in [0.1, 0.15) is 52.4 Å². The number of carbonyl (C=O) groups excluding carboxylic acids is 4. The van der Waals surface area contributed by atoms with Crippen molar-refractivity contribution in [3.8, 4) is 0 Å². The second-order valence-electron chi connectivity index (χ2n) is 5.32. The summed E-state index contributed by atoms with van der Waals surface area (Å²) >= 11 is 0. The second-order valence-corrected chi connectivity index (χ2v) is 5.32. The van der Waals surface area contributed by atoms with Crippen molar-refractivity contribution in [3.63, 3.8) is 0 Å². The highest BCUT2D eigenvalue weighted by Gasteiger charge is 2.39. The van der Waals surface area contributed by atoms with Gasteiger partial charge in [-0.15, -0.1) is 0 Å². The molecule has 0 spiro atoms. The van der Waals surface area contributed by atoms with E-state index >= 15 is 0 Å². The fourth-order valence-electron chi connectivity index (χ4n) is 2.31. The highest BCUT2D eigenvalue weighted by Crippen LogP contribution is 2.20. The Balaban J connectivity index is 2.72. The van der Waals surface area contributed by atoms with E-state index < -0.39 is 41.3 Å². The van der Waals surface area contributed by atoms with Crippen LogP contribution in [0.4, 0.5) is 0 Å². The average molecular weight is 325 g/mol. The first-order valence-corrected chi connectivity index (χ1v) is 7.87. The third-order valence-electron chi connectivity index (χ3n) is 3.49. The summed E-state index contributed by atoms with van der Waals surface area (Å²) in [5, 5.41) is 9.83. The van der Waals surface area contributed by atoms with E-state index in [1.165, 1.54) is 0 Å². The Kier molecular flexibility index (Phi) is 7.44. The Bertz CT molecular complexity index is 523. The van der Waals surface area contributed by atoms with Crippen molar-refractivity contribution in [3.05, 3.63) is 11.3 Å². The number of rotatable bonds is 8. The van der Waals surface area contributed by atoms with Crippen molar-refractivity contribution < 1.29 is 29.0 Å².